The van der Waals surface area contributed by atoms with Gasteiger partial charge in [-0.25, -0.2) is 12.7 Å². The molecule has 0 aromatic heterocycles. The molecule has 3 fully saturated rings. The zero-order valence-corrected chi connectivity index (χ0v) is 11.7. The fourth-order valence-corrected chi connectivity index (χ4v) is 7.19. The molecule has 5 heteroatoms. The quantitative estimate of drug-likeness (QED) is 0.678. The summed E-state index contributed by atoms with van der Waals surface area (Å²) in [5.41, 5.74) is -0.212. The van der Waals surface area contributed by atoms with Crippen LogP contribution in [0.4, 0.5) is 0 Å². The van der Waals surface area contributed by atoms with Gasteiger partial charge in [0.25, 0.3) is 5.91 Å². The van der Waals surface area contributed by atoms with Gasteiger partial charge >= 0.3 is 0 Å². The van der Waals surface area contributed by atoms with Gasteiger partial charge in [-0.05, 0) is 36.7 Å². The smallest absolute Gasteiger partial charge is 0.259 e. The lowest BCUT2D eigenvalue weighted by atomic mass is 9.69. The third kappa shape index (κ3) is 1.12. The molecule has 0 unspecified atom stereocenters. The van der Waals surface area contributed by atoms with Gasteiger partial charge in [0.05, 0.1) is 11.8 Å². The van der Waals surface area contributed by atoms with Crippen molar-refractivity contribution in [1.82, 2.24) is 4.31 Å². The van der Waals surface area contributed by atoms with Gasteiger partial charge < -0.3 is 0 Å². The molecule has 3 rings (SSSR count). The second-order valence-electron chi connectivity index (χ2n) is 6.46. The van der Waals surface area contributed by atoms with Crippen molar-refractivity contribution in [3.8, 4) is 0 Å². The highest BCUT2D eigenvalue weighted by Crippen LogP contribution is 2.69. The number of fused-ring (bicyclic) bond motifs is 1. The maximum atomic E-state index is 12.3. The first-order valence-electron chi connectivity index (χ1n) is 6.45. The molecule has 1 saturated heterocycles. The van der Waals surface area contributed by atoms with E-state index in [1.165, 1.54) is 0 Å². The van der Waals surface area contributed by atoms with Crippen LogP contribution in [0.15, 0.2) is 12.7 Å². The highest BCUT2D eigenvalue weighted by molar-refractivity contribution is 7.90. The Balaban J connectivity index is 2.14. The predicted octanol–water partition coefficient (Wildman–Crippen LogP) is 1.54. The highest BCUT2D eigenvalue weighted by Gasteiger charge is 2.72. The van der Waals surface area contributed by atoms with E-state index >= 15 is 0 Å². The topological polar surface area (TPSA) is 54.5 Å². The second-order valence-corrected chi connectivity index (χ2v) is 8.31. The molecule has 18 heavy (non-hydrogen) atoms. The molecule has 1 spiro atoms. The molecule has 2 bridgehead atoms. The Morgan fingerprint density at radius 2 is 2.11 bits per heavy atom. The standard InChI is InChI=1S/C13H19NO3S/c1-4-11(15)14-10-7-9-5-6-13(10,12(9,2)3)8-18(14,16)17/h4,9-10H,1,5-8H2,2-3H3/t9-,10+,13+/m1/s1. The average molecular weight is 269 g/mol. The summed E-state index contributed by atoms with van der Waals surface area (Å²) in [5.74, 6) is 0.214. The Hall–Kier alpha value is -0.840. The Kier molecular flexibility index (Phi) is 2.16. The SMILES string of the molecule is C=CC(=O)N1[C@H]2C[C@H]3CC[C@@]2(CS1(=O)=O)C3(C)C. The molecule has 1 aliphatic heterocycles. The lowest BCUT2D eigenvalue weighted by molar-refractivity contribution is -0.124. The molecule has 2 saturated carbocycles. The number of nitrogens with zero attached hydrogens (tertiary/aromatic N) is 1. The number of hydrogen-bond acceptors (Lipinski definition) is 3. The normalized spacial score (nSPS) is 42.9. The third-order valence-corrected chi connectivity index (χ3v) is 7.72. The molecule has 4 nitrogen and oxygen atoms in total. The van der Waals surface area contributed by atoms with Gasteiger partial charge in [-0.2, -0.15) is 0 Å². The molecule has 100 valence electrons. The van der Waals surface area contributed by atoms with Gasteiger partial charge in [0.1, 0.15) is 0 Å². The zero-order valence-electron chi connectivity index (χ0n) is 10.8. The lowest BCUT2D eigenvalue weighted by Gasteiger charge is -2.36. The Morgan fingerprint density at radius 3 is 2.67 bits per heavy atom. The van der Waals surface area contributed by atoms with E-state index < -0.39 is 15.9 Å². The molecule has 0 radical (unpaired) electrons. The van der Waals surface area contributed by atoms with Crippen LogP contribution in [0.5, 0.6) is 0 Å². The molecular weight excluding hydrogens is 250 g/mol. The Labute approximate surface area is 108 Å². The third-order valence-electron chi connectivity index (χ3n) is 5.80. The first kappa shape index (κ1) is 12.2. The van der Waals surface area contributed by atoms with Crippen LogP contribution in [0.3, 0.4) is 0 Å². The number of carbonyl (C=O) groups excluding carboxylic acids is 1. The van der Waals surface area contributed by atoms with Crippen molar-refractivity contribution in [3.63, 3.8) is 0 Å². The van der Waals surface area contributed by atoms with Crippen molar-refractivity contribution in [2.45, 2.75) is 39.2 Å². The molecule has 0 aromatic rings. The van der Waals surface area contributed by atoms with Gasteiger partial charge in [-0.3, -0.25) is 4.79 Å². The first-order chi connectivity index (χ1) is 8.26. The fraction of sp³-hybridized carbons (Fsp3) is 0.769. The van der Waals surface area contributed by atoms with E-state index in [1.807, 2.05) is 0 Å². The maximum Gasteiger partial charge on any atom is 0.259 e. The lowest BCUT2D eigenvalue weighted by Crippen LogP contribution is -2.43. The van der Waals surface area contributed by atoms with E-state index in [0.29, 0.717) is 5.92 Å². The van der Waals surface area contributed by atoms with Crippen LogP contribution in [0.1, 0.15) is 33.1 Å². The number of hydrogen-bond donors (Lipinski definition) is 0. The minimum Gasteiger partial charge on any atom is -0.269 e. The maximum absolute atomic E-state index is 12.3. The summed E-state index contributed by atoms with van der Waals surface area (Å²) < 4.78 is 25.7. The molecule has 2 aliphatic carbocycles. The van der Waals surface area contributed by atoms with Gasteiger partial charge in [-0.1, -0.05) is 20.4 Å². The number of sulfonamides is 1. The van der Waals surface area contributed by atoms with Crippen LogP contribution >= 0.6 is 0 Å². The van der Waals surface area contributed by atoms with Crippen LogP contribution in [0.25, 0.3) is 0 Å². The van der Waals surface area contributed by atoms with E-state index in [0.717, 1.165) is 29.6 Å². The second kappa shape index (κ2) is 3.18. The largest absolute Gasteiger partial charge is 0.269 e. The summed E-state index contributed by atoms with van der Waals surface area (Å²) in [5, 5.41) is 0. The van der Waals surface area contributed by atoms with Gasteiger partial charge in [0, 0.05) is 5.41 Å². The summed E-state index contributed by atoms with van der Waals surface area (Å²) in [6.07, 6.45) is 3.96. The minimum atomic E-state index is -3.46. The monoisotopic (exact) mass is 269 g/mol. The summed E-state index contributed by atoms with van der Waals surface area (Å²) in [7, 11) is -3.46. The number of amides is 1. The van der Waals surface area contributed by atoms with Crippen LogP contribution in [-0.4, -0.2) is 30.4 Å². The number of carbonyl (C=O) groups is 1. The van der Waals surface area contributed by atoms with Crippen molar-refractivity contribution < 1.29 is 13.2 Å². The van der Waals surface area contributed by atoms with Crippen molar-refractivity contribution >= 4 is 15.9 Å². The van der Waals surface area contributed by atoms with E-state index in [4.69, 9.17) is 0 Å². The van der Waals surface area contributed by atoms with Crippen LogP contribution in [0, 0.1) is 16.7 Å². The molecule has 1 heterocycles. The zero-order chi connectivity index (χ0) is 13.3. The van der Waals surface area contributed by atoms with Crippen LogP contribution in [0.2, 0.25) is 0 Å². The Morgan fingerprint density at radius 1 is 1.44 bits per heavy atom. The highest BCUT2D eigenvalue weighted by atomic mass is 32.2. The number of rotatable bonds is 1. The van der Waals surface area contributed by atoms with Gasteiger partial charge in [0.15, 0.2) is 0 Å². The summed E-state index contributed by atoms with van der Waals surface area (Å²) in [4.78, 5) is 11.9. The molecule has 0 aromatic carbocycles. The van der Waals surface area contributed by atoms with E-state index in [1.54, 1.807) is 0 Å². The molecule has 3 atom stereocenters. The molecule has 1 amide bonds. The summed E-state index contributed by atoms with van der Waals surface area (Å²) in [6, 6.07) is -0.137. The van der Waals surface area contributed by atoms with E-state index in [-0.39, 0.29) is 22.6 Å². The van der Waals surface area contributed by atoms with Gasteiger partial charge in [0.2, 0.25) is 10.0 Å². The van der Waals surface area contributed by atoms with E-state index in [2.05, 4.69) is 20.4 Å². The van der Waals surface area contributed by atoms with Crippen molar-refractivity contribution in [3.05, 3.63) is 12.7 Å². The average Bonchev–Trinajstić information content (AvgIpc) is 2.74. The van der Waals surface area contributed by atoms with Crippen molar-refractivity contribution in [1.29, 1.82) is 0 Å². The van der Waals surface area contributed by atoms with Crippen LogP contribution < -0.4 is 0 Å². The molecule has 3 aliphatic rings. The predicted molar refractivity (Wildman–Crippen MR) is 68.2 cm³/mol. The molecular formula is C13H19NO3S. The van der Waals surface area contributed by atoms with Crippen molar-refractivity contribution in [2.24, 2.45) is 16.7 Å². The first-order valence-corrected chi connectivity index (χ1v) is 8.06. The Bertz CT molecular complexity index is 536. The van der Waals surface area contributed by atoms with Gasteiger partial charge in [-0.15, -0.1) is 0 Å². The fourth-order valence-electron chi connectivity index (χ4n) is 4.67. The van der Waals surface area contributed by atoms with Crippen LogP contribution in [-0.2, 0) is 14.8 Å². The van der Waals surface area contributed by atoms with E-state index in [9.17, 15) is 13.2 Å². The van der Waals surface area contributed by atoms with Crippen molar-refractivity contribution in [2.75, 3.05) is 5.75 Å². The summed E-state index contributed by atoms with van der Waals surface area (Å²) >= 11 is 0. The summed E-state index contributed by atoms with van der Waals surface area (Å²) in [6.45, 7) is 7.76. The minimum absolute atomic E-state index is 0.0148. The molecule has 0 N–H and O–H groups in total.